The number of hydrogen-bond donors (Lipinski definition) is 0. The minimum atomic E-state index is 0. The van der Waals surface area contributed by atoms with Crippen LogP contribution in [0.1, 0.15) is 2.85 Å². The summed E-state index contributed by atoms with van der Waals surface area (Å²) >= 11 is 0. The summed E-state index contributed by atoms with van der Waals surface area (Å²) in [5.74, 6) is 0. The van der Waals surface area contributed by atoms with Crippen molar-refractivity contribution in [3.05, 3.63) is 194 Å². The maximum atomic E-state index is 6.91. The molecule has 0 saturated carbocycles. The van der Waals surface area contributed by atoms with Crippen molar-refractivity contribution in [2.45, 2.75) is 0 Å². The van der Waals surface area contributed by atoms with E-state index in [1.807, 2.05) is 0 Å². The molecule has 1 aromatic heterocycles. The van der Waals surface area contributed by atoms with Gasteiger partial charge >= 0.3 is 0 Å². The first-order chi connectivity index (χ1) is 27.3. The van der Waals surface area contributed by atoms with Crippen molar-refractivity contribution < 1.29 is 7.27 Å². The number of fused-ring (bicyclic) bond motifs is 13. The van der Waals surface area contributed by atoms with E-state index in [1.54, 1.807) is 0 Å². The molecular weight excluding hydrogens is 665 g/mol. The molecule has 0 spiro atoms. The van der Waals surface area contributed by atoms with E-state index in [2.05, 4.69) is 194 Å². The average Bonchev–Trinajstić information content (AvgIpc) is 3.66. The Labute approximate surface area is 320 Å². The highest BCUT2D eigenvalue weighted by molar-refractivity contribution is 6.35. The van der Waals surface area contributed by atoms with E-state index >= 15 is 0 Å². The summed E-state index contributed by atoms with van der Waals surface area (Å²) in [6, 6.07) is 70.9. The summed E-state index contributed by atoms with van der Waals surface area (Å²) in [4.78, 5) is 0. The van der Waals surface area contributed by atoms with Crippen molar-refractivity contribution in [2.75, 3.05) is 0 Å². The fraction of sp³-hybridized carbons (Fsp3) is 0. The van der Waals surface area contributed by atoms with E-state index < -0.39 is 0 Å². The molecule has 0 radical (unpaired) electrons. The summed E-state index contributed by atoms with van der Waals surface area (Å²) in [6.07, 6.45) is 0. The maximum Gasteiger partial charge on any atom is 0.143 e. The topological polar surface area (TPSA) is 13.1 Å². The van der Waals surface area contributed by atoms with Gasteiger partial charge in [-0.25, -0.2) is 0 Å². The highest BCUT2D eigenvalue weighted by Crippen LogP contribution is 2.48. The van der Waals surface area contributed by atoms with Gasteiger partial charge in [0, 0.05) is 19.0 Å². The van der Waals surface area contributed by atoms with Gasteiger partial charge in [0.2, 0.25) is 0 Å². The van der Waals surface area contributed by atoms with Gasteiger partial charge in [-0.1, -0.05) is 188 Å². The van der Waals surface area contributed by atoms with Gasteiger partial charge in [0.05, 0.1) is 0 Å². The van der Waals surface area contributed by atoms with E-state index in [-0.39, 0.29) is 2.85 Å². The second-order valence-electron chi connectivity index (χ2n) is 14.7. The van der Waals surface area contributed by atoms with Crippen molar-refractivity contribution in [3.63, 3.8) is 0 Å². The van der Waals surface area contributed by atoms with Crippen LogP contribution in [0, 0.1) is 0 Å². The first-order valence-electron chi connectivity index (χ1n) is 19.0. The molecule has 0 unspecified atom stereocenters. The minimum absolute atomic E-state index is 0. The average molecular weight is 701 g/mol. The van der Waals surface area contributed by atoms with E-state index in [9.17, 15) is 0 Å². The van der Waals surface area contributed by atoms with Gasteiger partial charge in [-0.15, -0.1) is 0 Å². The summed E-state index contributed by atoms with van der Waals surface area (Å²) in [5.41, 5.74) is 9.21. The van der Waals surface area contributed by atoms with Crippen LogP contribution in [0.2, 0.25) is 0 Å². The molecule has 0 aliphatic rings. The van der Waals surface area contributed by atoms with Crippen LogP contribution in [-0.4, -0.2) is 0 Å². The lowest BCUT2D eigenvalue weighted by Gasteiger charge is -2.19. The Kier molecular flexibility index (Phi) is 6.40. The molecule has 0 aliphatic heterocycles. The lowest BCUT2D eigenvalue weighted by Crippen LogP contribution is -1.91. The van der Waals surface area contributed by atoms with Crippen LogP contribution in [0.5, 0.6) is 0 Å². The van der Waals surface area contributed by atoms with E-state index in [0.717, 1.165) is 22.1 Å². The smallest absolute Gasteiger partial charge is 0.143 e. The zero-order chi connectivity index (χ0) is 36.0. The van der Waals surface area contributed by atoms with E-state index in [0.29, 0.717) is 0 Å². The Hall–Kier alpha value is -7.22. The number of furan rings is 1. The fourth-order valence-electron chi connectivity index (χ4n) is 9.49. The van der Waals surface area contributed by atoms with Crippen LogP contribution in [0.15, 0.2) is 199 Å². The predicted molar refractivity (Wildman–Crippen MR) is 239 cm³/mol. The Bertz CT molecular complexity index is 3480. The van der Waals surface area contributed by atoms with Crippen molar-refractivity contribution in [2.24, 2.45) is 0 Å². The lowest BCUT2D eigenvalue weighted by atomic mass is 9.84. The predicted octanol–water partition coefficient (Wildman–Crippen LogP) is 16.0. The summed E-state index contributed by atoms with van der Waals surface area (Å²) in [7, 11) is 0. The molecule has 0 N–H and O–H groups in total. The molecule has 0 amide bonds. The van der Waals surface area contributed by atoms with Gasteiger partial charge in [-0.05, 0) is 98.7 Å². The second-order valence-corrected chi connectivity index (χ2v) is 14.7. The lowest BCUT2D eigenvalue weighted by molar-refractivity contribution is 0.673. The third kappa shape index (κ3) is 4.35. The maximum absolute atomic E-state index is 6.91. The number of hydrogen-bond acceptors (Lipinski definition) is 1. The molecular formula is C54H36O. The number of rotatable bonds is 3. The molecule has 11 aromatic carbocycles. The molecule has 55 heavy (non-hydrogen) atoms. The quantitative estimate of drug-likeness (QED) is 0.132. The molecule has 12 aromatic rings. The van der Waals surface area contributed by atoms with Crippen LogP contribution in [-0.2, 0) is 0 Å². The van der Waals surface area contributed by atoms with Gasteiger partial charge in [0.1, 0.15) is 11.2 Å². The summed E-state index contributed by atoms with van der Waals surface area (Å²) in [6.45, 7) is 0. The summed E-state index contributed by atoms with van der Waals surface area (Å²) in [5, 5.41) is 17.2. The van der Waals surface area contributed by atoms with Crippen molar-refractivity contribution in [1.82, 2.24) is 0 Å². The molecule has 0 aliphatic carbocycles. The molecule has 0 saturated heterocycles. The molecule has 12 rings (SSSR count). The Morgan fingerprint density at radius 1 is 0.291 bits per heavy atom. The van der Waals surface area contributed by atoms with Gasteiger partial charge in [-0.2, -0.15) is 0 Å². The Balaban J connectivity index is 0.00000198. The van der Waals surface area contributed by atoms with Gasteiger partial charge < -0.3 is 4.42 Å². The first-order valence-corrected chi connectivity index (χ1v) is 19.0. The zero-order valence-electron chi connectivity index (χ0n) is 29.9. The minimum Gasteiger partial charge on any atom is -0.455 e. The molecule has 0 atom stereocenters. The van der Waals surface area contributed by atoms with Gasteiger partial charge in [-0.3, -0.25) is 0 Å². The van der Waals surface area contributed by atoms with Crippen LogP contribution in [0.4, 0.5) is 0 Å². The van der Waals surface area contributed by atoms with Crippen molar-refractivity contribution >= 4 is 86.6 Å². The van der Waals surface area contributed by atoms with Crippen molar-refractivity contribution in [3.8, 4) is 33.4 Å². The Morgan fingerprint density at radius 2 is 0.745 bits per heavy atom. The molecule has 258 valence electrons. The van der Waals surface area contributed by atoms with E-state index in [4.69, 9.17) is 4.42 Å². The van der Waals surface area contributed by atoms with Crippen LogP contribution < -0.4 is 0 Å². The van der Waals surface area contributed by atoms with Gasteiger partial charge in [0.15, 0.2) is 0 Å². The molecule has 1 heterocycles. The van der Waals surface area contributed by atoms with E-state index in [1.165, 1.54) is 97.8 Å². The first kappa shape index (κ1) is 30.3. The summed E-state index contributed by atoms with van der Waals surface area (Å²) < 4.78 is 6.91. The largest absolute Gasteiger partial charge is 0.455 e. The monoisotopic (exact) mass is 700 g/mol. The zero-order valence-corrected chi connectivity index (χ0v) is 29.9. The normalized spacial score (nSPS) is 12.0. The SMILES string of the molecule is [HH].[HH].c1ccc2c(-c3c4ccccc4c(-c4ccc(-c5cc6oc7c8ccccc8c8ccccc8c7c6c6ccccc56)cc4)c4ccccc34)cccc2c1. The highest BCUT2D eigenvalue weighted by Gasteiger charge is 2.21. The second kappa shape index (κ2) is 11.6. The molecule has 1 heteroatoms. The fourth-order valence-corrected chi connectivity index (χ4v) is 9.49. The van der Waals surface area contributed by atoms with Crippen LogP contribution >= 0.6 is 0 Å². The van der Waals surface area contributed by atoms with Gasteiger partial charge in [0.25, 0.3) is 0 Å². The van der Waals surface area contributed by atoms with Crippen LogP contribution in [0.3, 0.4) is 0 Å². The highest BCUT2D eigenvalue weighted by atomic mass is 16.3. The molecule has 1 nitrogen and oxygen atoms in total. The standard InChI is InChI=1S/C54H32O.2H2/c1-2-16-36-33(14-1)15-13-27-40(36)51-45-24-10-8-22-43(45)50(44-23-9-11-25-46(44)51)35-30-28-34(29-31-35)48-32-49-52(41-20-6-4-19-39(41)48)53-42-21-7-3-17-37(42)38-18-5-12-26-47(38)54(53)55-49;;/h1-32H;2*1H. The molecule has 0 fully saturated rings. The van der Waals surface area contributed by atoms with Crippen LogP contribution in [0.25, 0.3) is 120 Å². The third-order valence-electron chi connectivity index (χ3n) is 11.8. The Morgan fingerprint density at radius 3 is 1.40 bits per heavy atom. The molecule has 0 bridgehead atoms. The van der Waals surface area contributed by atoms with Crippen molar-refractivity contribution in [1.29, 1.82) is 0 Å². The number of benzene rings is 11. The third-order valence-corrected chi connectivity index (χ3v) is 11.8.